The SMILES string of the molecule is O=S1(=O)N=C(SC2CCCC2)Nc2cc(Cl)sc21. The number of fused-ring (bicyclic) bond motifs is 1. The topological polar surface area (TPSA) is 58.5 Å². The summed E-state index contributed by atoms with van der Waals surface area (Å²) in [6.07, 6.45) is 4.69. The summed E-state index contributed by atoms with van der Waals surface area (Å²) in [5, 5.41) is 4.01. The van der Waals surface area contributed by atoms with E-state index in [9.17, 15) is 8.42 Å². The molecule has 0 amide bonds. The molecule has 1 aromatic rings. The third kappa shape index (κ3) is 2.41. The van der Waals surface area contributed by atoms with Gasteiger partial charge in [-0.25, -0.2) is 0 Å². The van der Waals surface area contributed by atoms with Crippen LogP contribution in [0.25, 0.3) is 0 Å². The molecular formula is C10H11ClN2O2S3. The smallest absolute Gasteiger partial charge is 0.296 e. The van der Waals surface area contributed by atoms with Crippen LogP contribution in [0.4, 0.5) is 5.69 Å². The molecular weight excluding hydrogens is 312 g/mol. The molecule has 1 aliphatic carbocycles. The van der Waals surface area contributed by atoms with Crippen LogP contribution in [0.15, 0.2) is 14.7 Å². The summed E-state index contributed by atoms with van der Waals surface area (Å²) in [6.45, 7) is 0. The van der Waals surface area contributed by atoms with E-state index in [1.165, 1.54) is 24.6 Å². The summed E-state index contributed by atoms with van der Waals surface area (Å²) in [6, 6.07) is 1.64. The zero-order chi connectivity index (χ0) is 12.8. The van der Waals surface area contributed by atoms with Crippen LogP contribution < -0.4 is 5.32 Å². The molecule has 0 bridgehead atoms. The maximum absolute atomic E-state index is 12.0. The van der Waals surface area contributed by atoms with Crippen molar-refractivity contribution in [3.8, 4) is 0 Å². The number of nitrogens with zero attached hydrogens (tertiary/aromatic N) is 1. The van der Waals surface area contributed by atoms with Gasteiger partial charge in [0.2, 0.25) is 0 Å². The monoisotopic (exact) mass is 322 g/mol. The van der Waals surface area contributed by atoms with E-state index in [1.54, 1.807) is 6.07 Å². The van der Waals surface area contributed by atoms with E-state index in [4.69, 9.17) is 11.6 Å². The lowest BCUT2D eigenvalue weighted by molar-refractivity contribution is 0.600. The Morgan fingerprint density at radius 2 is 2.17 bits per heavy atom. The average Bonchev–Trinajstić information content (AvgIpc) is 2.86. The van der Waals surface area contributed by atoms with Gasteiger partial charge in [0.1, 0.15) is 0 Å². The van der Waals surface area contributed by atoms with E-state index < -0.39 is 10.0 Å². The molecule has 1 N–H and O–H groups in total. The minimum absolute atomic E-state index is 0.211. The first-order valence-corrected chi connectivity index (χ1v) is 9.14. The van der Waals surface area contributed by atoms with Crippen LogP contribution in [-0.2, 0) is 10.0 Å². The molecule has 18 heavy (non-hydrogen) atoms. The molecule has 1 saturated carbocycles. The first kappa shape index (κ1) is 12.8. The summed E-state index contributed by atoms with van der Waals surface area (Å²) in [4.78, 5) is 0. The molecule has 0 aromatic carbocycles. The molecule has 0 atom stereocenters. The fraction of sp³-hybridized carbons (Fsp3) is 0.500. The Balaban J connectivity index is 1.88. The predicted octanol–water partition coefficient (Wildman–Crippen LogP) is 3.55. The van der Waals surface area contributed by atoms with E-state index >= 15 is 0 Å². The molecule has 2 aliphatic rings. The summed E-state index contributed by atoms with van der Waals surface area (Å²) < 4.78 is 28.5. The van der Waals surface area contributed by atoms with E-state index in [2.05, 4.69) is 9.71 Å². The molecule has 0 radical (unpaired) electrons. The van der Waals surface area contributed by atoms with Crippen molar-refractivity contribution < 1.29 is 8.42 Å². The van der Waals surface area contributed by atoms with E-state index in [0.717, 1.165) is 24.2 Å². The molecule has 98 valence electrons. The van der Waals surface area contributed by atoms with Gasteiger partial charge >= 0.3 is 0 Å². The molecule has 1 aromatic heterocycles. The Bertz CT molecular complexity index is 603. The van der Waals surface area contributed by atoms with Crippen LogP contribution in [0, 0.1) is 0 Å². The van der Waals surface area contributed by atoms with Gasteiger partial charge in [-0.15, -0.1) is 15.7 Å². The average molecular weight is 323 g/mol. The predicted molar refractivity (Wildman–Crippen MR) is 77.4 cm³/mol. The lowest BCUT2D eigenvalue weighted by Gasteiger charge is -2.16. The summed E-state index contributed by atoms with van der Waals surface area (Å²) in [7, 11) is -3.57. The van der Waals surface area contributed by atoms with Gasteiger partial charge in [0.25, 0.3) is 10.0 Å². The molecule has 1 fully saturated rings. The molecule has 1 aliphatic heterocycles. The second kappa shape index (κ2) is 4.70. The number of amidine groups is 1. The molecule has 4 nitrogen and oxygen atoms in total. The van der Waals surface area contributed by atoms with Crippen LogP contribution in [0.3, 0.4) is 0 Å². The lowest BCUT2D eigenvalue weighted by atomic mass is 10.4. The number of halogens is 1. The quantitative estimate of drug-likeness (QED) is 0.859. The Kier molecular flexibility index (Phi) is 3.34. The Labute approximate surface area is 119 Å². The van der Waals surface area contributed by atoms with Crippen molar-refractivity contribution in [2.24, 2.45) is 4.40 Å². The van der Waals surface area contributed by atoms with Crippen LogP contribution in [0.5, 0.6) is 0 Å². The van der Waals surface area contributed by atoms with E-state index in [-0.39, 0.29) is 4.21 Å². The number of thioether (sulfide) groups is 1. The second-order valence-corrected chi connectivity index (χ2v) is 9.04. The van der Waals surface area contributed by atoms with E-state index in [0.29, 0.717) is 20.4 Å². The molecule has 0 saturated heterocycles. The first-order valence-electron chi connectivity index (χ1n) is 5.62. The summed E-state index contributed by atoms with van der Waals surface area (Å²) >= 11 is 8.42. The van der Waals surface area contributed by atoms with Gasteiger partial charge in [0, 0.05) is 5.25 Å². The van der Waals surface area contributed by atoms with Crippen LogP contribution in [-0.4, -0.2) is 18.8 Å². The summed E-state index contributed by atoms with van der Waals surface area (Å²) in [5.41, 5.74) is 0.556. The number of thiophene rings is 1. The van der Waals surface area contributed by atoms with Gasteiger partial charge in [-0.2, -0.15) is 8.42 Å². The van der Waals surface area contributed by atoms with Crippen molar-refractivity contribution in [2.45, 2.75) is 35.1 Å². The minimum Gasteiger partial charge on any atom is -0.332 e. The Morgan fingerprint density at radius 1 is 1.44 bits per heavy atom. The van der Waals surface area contributed by atoms with Crippen LogP contribution >= 0.6 is 34.7 Å². The molecule has 0 unspecified atom stereocenters. The number of nitrogens with one attached hydrogen (secondary N) is 1. The lowest BCUT2D eigenvalue weighted by Crippen LogP contribution is -2.19. The highest BCUT2D eigenvalue weighted by Crippen LogP contribution is 2.40. The van der Waals surface area contributed by atoms with Crippen molar-refractivity contribution in [2.75, 3.05) is 5.32 Å². The van der Waals surface area contributed by atoms with Crippen LogP contribution in [0.1, 0.15) is 25.7 Å². The maximum atomic E-state index is 12.0. The van der Waals surface area contributed by atoms with Gasteiger partial charge in [0.05, 0.1) is 10.0 Å². The minimum atomic E-state index is -3.57. The number of rotatable bonds is 1. The van der Waals surface area contributed by atoms with Crippen molar-refractivity contribution in [1.82, 2.24) is 0 Å². The molecule has 2 heterocycles. The van der Waals surface area contributed by atoms with Crippen LogP contribution in [0.2, 0.25) is 4.34 Å². The third-order valence-electron chi connectivity index (χ3n) is 2.93. The van der Waals surface area contributed by atoms with Gasteiger partial charge in [-0.1, -0.05) is 36.2 Å². The number of hydrogen-bond donors (Lipinski definition) is 1. The maximum Gasteiger partial charge on any atom is 0.296 e. The molecule has 8 heteroatoms. The fourth-order valence-electron chi connectivity index (χ4n) is 2.13. The highest BCUT2D eigenvalue weighted by molar-refractivity contribution is 8.15. The Morgan fingerprint density at radius 3 is 2.89 bits per heavy atom. The fourth-order valence-corrected chi connectivity index (χ4v) is 6.24. The molecule has 0 spiro atoms. The van der Waals surface area contributed by atoms with Gasteiger partial charge < -0.3 is 5.32 Å². The zero-order valence-electron chi connectivity index (χ0n) is 9.35. The second-order valence-electron chi connectivity index (χ2n) is 4.27. The normalized spacial score (nSPS) is 22.4. The number of anilines is 1. The third-order valence-corrected chi connectivity index (χ3v) is 7.32. The highest BCUT2D eigenvalue weighted by Gasteiger charge is 2.29. The Hall–Kier alpha value is -0.240. The number of sulfonamides is 1. The van der Waals surface area contributed by atoms with Crippen molar-refractivity contribution in [3.05, 3.63) is 10.4 Å². The van der Waals surface area contributed by atoms with Crippen molar-refractivity contribution in [3.63, 3.8) is 0 Å². The molecule has 3 rings (SSSR count). The standard InChI is InChI=1S/C10H11ClN2O2S3/c11-8-5-7-9(17-8)18(14,15)13-10(12-7)16-6-3-1-2-4-6/h5-6H,1-4H2,(H,12,13). The summed E-state index contributed by atoms with van der Waals surface area (Å²) in [5.74, 6) is 0. The van der Waals surface area contributed by atoms with Crippen molar-refractivity contribution >= 4 is 55.6 Å². The highest BCUT2D eigenvalue weighted by atomic mass is 35.5. The zero-order valence-corrected chi connectivity index (χ0v) is 12.6. The first-order chi connectivity index (χ1) is 8.54. The van der Waals surface area contributed by atoms with Gasteiger partial charge in [-0.3, -0.25) is 0 Å². The van der Waals surface area contributed by atoms with Crippen molar-refractivity contribution in [1.29, 1.82) is 0 Å². The van der Waals surface area contributed by atoms with E-state index in [1.807, 2.05) is 0 Å². The van der Waals surface area contributed by atoms with Gasteiger partial charge in [0.15, 0.2) is 9.38 Å². The number of hydrogen-bond acceptors (Lipinski definition) is 5. The van der Waals surface area contributed by atoms with Gasteiger partial charge in [-0.05, 0) is 18.9 Å². The largest absolute Gasteiger partial charge is 0.332 e.